The van der Waals surface area contributed by atoms with E-state index < -0.39 is 12.1 Å². The number of hydrogen-bond donors (Lipinski definition) is 3. The molecule has 0 heterocycles. The summed E-state index contributed by atoms with van der Waals surface area (Å²) in [6.07, 6.45) is -1.00. The minimum Gasteiger partial charge on any atom is -0.481 e. The number of aliphatic hydroxyl groups is 1. The summed E-state index contributed by atoms with van der Waals surface area (Å²) in [7, 11) is 0. The van der Waals surface area contributed by atoms with Crippen LogP contribution >= 0.6 is 0 Å². The number of para-hydroxylation sites is 1. The molecule has 0 bridgehead atoms. The van der Waals surface area contributed by atoms with Gasteiger partial charge in [-0.1, -0.05) is 48.5 Å². The van der Waals surface area contributed by atoms with Crippen LogP contribution in [0.15, 0.2) is 48.5 Å². The van der Waals surface area contributed by atoms with Crippen LogP contribution in [0.25, 0.3) is 0 Å². The quantitative estimate of drug-likeness (QED) is 0.731. The van der Waals surface area contributed by atoms with Gasteiger partial charge in [-0.2, -0.15) is 0 Å². The molecule has 1 atom stereocenters. The number of carboxylic acids is 1. The molecule has 19 heavy (non-hydrogen) atoms. The van der Waals surface area contributed by atoms with Crippen molar-refractivity contribution < 1.29 is 15.0 Å². The Morgan fingerprint density at radius 1 is 1.11 bits per heavy atom. The summed E-state index contributed by atoms with van der Waals surface area (Å²) in [4.78, 5) is 10.8. The zero-order valence-electron chi connectivity index (χ0n) is 10.3. The number of carboxylic acid groups (broad SMARTS) is 1. The molecular weight excluding hydrogens is 242 g/mol. The molecule has 0 fully saturated rings. The maximum atomic E-state index is 10.8. The van der Waals surface area contributed by atoms with E-state index in [9.17, 15) is 9.90 Å². The van der Waals surface area contributed by atoms with Crippen molar-refractivity contribution in [2.24, 2.45) is 0 Å². The van der Waals surface area contributed by atoms with Crippen molar-refractivity contribution >= 4 is 11.7 Å². The predicted octanol–water partition coefficient (Wildman–Crippen LogP) is 1.98. The summed E-state index contributed by atoms with van der Waals surface area (Å²) >= 11 is 0. The number of aliphatic hydroxyl groups excluding tert-OH is 1. The van der Waals surface area contributed by atoms with E-state index in [1.807, 2.05) is 18.2 Å². The first-order valence-electron chi connectivity index (χ1n) is 5.91. The maximum Gasteiger partial charge on any atom is 0.307 e. The first-order valence-corrected chi connectivity index (χ1v) is 5.91. The average Bonchev–Trinajstić information content (AvgIpc) is 2.41. The van der Waals surface area contributed by atoms with Crippen molar-refractivity contribution in [3.05, 3.63) is 65.2 Å². The lowest BCUT2D eigenvalue weighted by molar-refractivity contribution is -0.136. The summed E-state index contributed by atoms with van der Waals surface area (Å²) in [6.45, 7) is 0. The normalized spacial score (nSPS) is 12.1. The summed E-state index contributed by atoms with van der Waals surface area (Å²) in [5.41, 5.74) is 8.05. The second-order valence-corrected chi connectivity index (χ2v) is 4.30. The van der Waals surface area contributed by atoms with Gasteiger partial charge in [0.05, 0.1) is 6.42 Å². The Kier molecular flexibility index (Phi) is 3.82. The maximum absolute atomic E-state index is 10.8. The van der Waals surface area contributed by atoms with Gasteiger partial charge in [-0.3, -0.25) is 4.79 Å². The third kappa shape index (κ3) is 2.92. The molecule has 0 spiro atoms. The van der Waals surface area contributed by atoms with E-state index in [2.05, 4.69) is 0 Å². The van der Waals surface area contributed by atoms with Gasteiger partial charge >= 0.3 is 5.97 Å². The van der Waals surface area contributed by atoms with Crippen LogP contribution in [-0.4, -0.2) is 16.2 Å². The van der Waals surface area contributed by atoms with Crippen LogP contribution in [-0.2, 0) is 11.2 Å². The monoisotopic (exact) mass is 257 g/mol. The Morgan fingerprint density at radius 3 is 2.42 bits per heavy atom. The molecule has 0 aromatic heterocycles. The third-order valence-electron chi connectivity index (χ3n) is 2.98. The lowest BCUT2D eigenvalue weighted by Crippen LogP contribution is -2.09. The molecule has 0 aliphatic heterocycles. The molecule has 0 saturated carbocycles. The van der Waals surface area contributed by atoms with Crippen molar-refractivity contribution in [1.82, 2.24) is 0 Å². The molecule has 98 valence electrons. The highest BCUT2D eigenvalue weighted by Crippen LogP contribution is 2.29. The number of nitrogen functional groups attached to an aromatic ring is 1. The molecule has 2 aromatic rings. The molecule has 2 rings (SSSR count). The topological polar surface area (TPSA) is 83.6 Å². The van der Waals surface area contributed by atoms with E-state index in [-0.39, 0.29) is 6.42 Å². The average molecular weight is 257 g/mol. The van der Waals surface area contributed by atoms with E-state index in [4.69, 9.17) is 10.8 Å². The van der Waals surface area contributed by atoms with Crippen LogP contribution in [0.1, 0.15) is 22.8 Å². The van der Waals surface area contributed by atoms with Gasteiger partial charge in [-0.15, -0.1) is 0 Å². The Bertz CT molecular complexity index is 581. The lowest BCUT2D eigenvalue weighted by Gasteiger charge is -2.16. The van der Waals surface area contributed by atoms with Crippen molar-refractivity contribution in [2.45, 2.75) is 12.5 Å². The fraction of sp³-hybridized carbons (Fsp3) is 0.133. The number of nitrogens with two attached hydrogens (primary N) is 1. The standard InChI is InChI=1S/C15H15NO3/c16-14-11(9-13(17)18)7-4-8-12(14)15(19)10-5-2-1-3-6-10/h1-8,15,19H,9,16H2,(H,17,18)/t15-/m0/s1. The lowest BCUT2D eigenvalue weighted by atomic mass is 9.96. The number of rotatable bonds is 4. The van der Waals surface area contributed by atoms with Gasteiger partial charge in [-0.25, -0.2) is 0 Å². The van der Waals surface area contributed by atoms with Crippen LogP contribution in [0, 0.1) is 0 Å². The van der Waals surface area contributed by atoms with Crippen LogP contribution in [0.5, 0.6) is 0 Å². The van der Waals surface area contributed by atoms with Gasteiger partial charge in [0.2, 0.25) is 0 Å². The molecule has 2 aromatic carbocycles. The Hall–Kier alpha value is -2.33. The van der Waals surface area contributed by atoms with Gasteiger partial charge < -0.3 is 15.9 Å². The van der Waals surface area contributed by atoms with Crippen molar-refractivity contribution in [3.63, 3.8) is 0 Å². The Balaban J connectivity index is 2.37. The molecule has 0 unspecified atom stereocenters. The van der Waals surface area contributed by atoms with Crippen LogP contribution < -0.4 is 5.73 Å². The predicted molar refractivity (Wildman–Crippen MR) is 72.7 cm³/mol. The number of aliphatic carboxylic acids is 1. The molecule has 4 heteroatoms. The summed E-state index contributed by atoms with van der Waals surface area (Å²) in [5.74, 6) is -0.946. The molecular formula is C15H15NO3. The minimum atomic E-state index is -0.946. The first kappa shape index (κ1) is 13.1. The van der Waals surface area contributed by atoms with Gasteiger partial charge in [0.25, 0.3) is 0 Å². The smallest absolute Gasteiger partial charge is 0.307 e. The number of benzene rings is 2. The zero-order chi connectivity index (χ0) is 13.8. The summed E-state index contributed by atoms with van der Waals surface area (Å²) in [5, 5.41) is 19.1. The zero-order valence-corrected chi connectivity index (χ0v) is 10.3. The van der Waals surface area contributed by atoms with Crippen molar-refractivity contribution in [3.8, 4) is 0 Å². The highest BCUT2D eigenvalue weighted by atomic mass is 16.4. The van der Waals surface area contributed by atoms with E-state index >= 15 is 0 Å². The molecule has 0 aliphatic rings. The SMILES string of the molecule is Nc1c(CC(=O)O)cccc1[C@@H](O)c1ccccc1. The van der Waals surface area contributed by atoms with Crippen LogP contribution in [0.3, 0.4) is 0 Å². The number of anilines is 1. The second kappa shape index (κ2) is 5.54. The second-order valence-electron chi connectivity index (χ2n) is 4.30. The Morgan fingerprint density at radius 2 is 1.79 bits per heavy atom. The Labute approximate surface area is 111 Å². The highest BCUT2D eigenvalue weighted by Gasteiger charge is 2.16. The third-order valence-corrected chi connectivity index (χ3v) is 2.98. The van der Waals surface area contributed by atoms with Gasteiger partial charge in [-0.05, 0) is 11.1 Å². The molecule has 0 radical (unpaired) electrons. The fourth-order valence-corrected chi connectivity index (χ4v) is 2.00. The molecule has 0 amide bonds. The molecule has 4 nitrogen and oxygen atoms in total. The van der Waals surface area contributed by atoms with Crippen LogP contribution in [0.4, 0.5) is 5.69 Å². The van der Waals surface area contributed by atoms with E-state index in [1.54, 1.807) is 30.3 Å². The van der Waals surface area contributed by atoms with Gasteiger partial charge in [0.15, 0.2) is 0 Å². The summed E-state index contributed by atoms with van der Waals surface area (Å²) < 4.78 is 0. The molecule has 0 aliphatic carbocycles. The van der Waals surface area contributed by atoms with E-state index in [1.165, 1.54) is 0 Å². The summed E-state index contributed by atoms with van der Waals surface area (Å²) in [6, 6.07) is 14.2. The first-order chi connectivity index (χ1) is 9.09. The van der Waals surface area contributed by atoms with Crippen molar-refractivity contribution in [2.75, 3.05) is 5.73 Å². The van der Waals surface area contributed by atoms with E-state index in [0.717, 1.165) is 5.56 Å². The van der Waals surface area contributed by atoms with E-state index in [0.29, 0.717) is 16.8 Å². The van der Waals surface area contributed by atoms with Gasteiger partial charge in [0, 0.05) is 11.3 Å². The fourth-order valence-electron chi connectivity index (χ4n) is 2.00. The molecule has 0 saturated heterocycles. The number of hydrogen-bond acceptors (Lipinski definition) is 3. The van der Waals surface area contributed by atoms with Gasteiger partial charge in [0.1, 0.15) is 6.10 Å². The minimum absolute atomic E-state index is 0.152. The molecule has 4 N–H and O–H groups in total. The largest absolute Gasteiger partial charge is 0.481 e. The number of carbonyl (C=O) groups is 1. The highest BCUT2D eigenvalue weighted by molar-refractivity contribution is 5.74. The van der Waals surface area contributed by atoms with Crippen LogP contribution in [0.2, 0.25) is 0 Å². The van der Waals surface area contributed by atoms with Crippen molar-refractivity contribution in [1.29, 1.82) is 0 Å².